The van der Waals surface area contributed by atoms with Gasteiger partial charge >= 0.3 is 5.97 Å². The van der Waals surface area contributed by atoms with Gasteiger partial charge < -0.3 is 9.53 Å². The number of aryl methyl sites for hydroxylation is 1. The average Bonchev–Trinajstić information content (AvgIpc) is 3.12. The number of ether oxygens (including phenoxy) is 1. The van der Waals surface area contributed by atoms with Gasteiger partial charge in [-0.3, -0.25) is 0 Å². The standard InChI is InChI=1S/C43H58O3Si/c1-5-6-9-14-34-19-21-35(22-20-34)36-23-25-37(26-24-36)38-27-29-39(30-28-38)46-42(44)33(2)31-32-43(3,4)47(45,40-15-10-7-11-16-40)41-17-12-8-13-18-41/h7-8,10-13,15-22,36-39,45H,2,5-6,9,14,23-32H2,1,3-4H3. The first-order chi connectivity index (χ1) is 22.7. The molecule has 0 amide bonds. The number of carbonyl (C=O) groups is 1. The van der Waals surface area contributed by atoms with Crippen molar-refractivity contribution < 1.29 is 14.3 Å². The smallest absolute Gasteiger partial charge is 0.333 e. The maximum absolute atomic E-state index is 13.2. The summed E-state index contributed by atoms with van der Waals surface area (Å²) in [5.41, 5.74) is 3.54. The highest BCUT2D eigenvalue weighted by atomic mass is 28.4. The molecule has 1 N–H and O–H groups in total. The Morgan fingerprint density at radius 3 is 1.85 bits per heavy atom. The molecule has 0 aromatic heterocycles. The Labute approximate surface area is 286 Å². The van der Waals surface area contributed by atoms with Crippen molar-refractivity contribution in [2.24, 2.45) is 11.8 Å². The number of hydrogen-bond acceptors (Lipinski definition) is 3. The Morgan fingerprint density at radius 1 is 0.787 bits per heavy atom. The molecule has 0 aliphatic heterocycles. The van der Waals surface area contributed by atoms with Gasteiger partial charge in [-0.25, -0.2) is 4.79 Å². The van der Waals surface area contributed by atoms with Crippen LogP contribution in [0, 0.1) is 11.8 Å². The molecule has 47 heavy (non-hydrogen) atoms. The fourth-order valence-electron chi connectivity index (χ4n) is 8.43. The second-order valence-electron chi connectivity index (χ2n) is 15.2. The molecule has 0 saturated heterocycles. The summed E-state index contributed by atoms with van der Waals surface area (Å²) in [7, 11) is -3.12. The fraction of sp³-hybridized carbons (Fsp3) is 0.512. The molecule has 2 aliphatic carbocycles. The lowest BCUT2D eigenvalue weighted by Crippen LogP contribution is -2.65. The molecule has 0 atom stereocenters. The minimum Gasteiger partial charge on any atom is -0.459 e. The molecule has 2 fully saturated rings. The first-order valence-electron chi connectivity index (χ1n) is 18.5. The summed E-state index contributed by atoms with van der Waals surface area (Å²) < 4.78 is 6.03. The number of esters is 1. The van der Waals surface area contributed by atoms with E-state index >= 15 is 0 Å². The van der Waals surface area contributed by atoms with E-state index in [2.05, 4.69) is 51.6 Å². The lowest BCUT2D eigenvalue weighted by Gasteiger charge is -2.41. The number of rotatable bonds is 14. The van der Waals surface area contributed by atoms with E-state index in [0.29, 0.717) is 24.3 Å². The minimum absolute atomic E-state index is 0.00404. The van der Waals surface area contributed by atoms with Gasteiger partial charge in [0, 0.05) is 5.57 Å². The van der Waals surface area contributed by atoms with Crippen molar-refractivity contribution in [3.05, 3.63) is 108 Å². The van der Waals surface area contributed by atoms with Gasteiger partial charge in [-0.05, 0) is 121 Å². The van der Waals surface area contributed by atoms with Crippen LogP contribution in [0.15, 0.2) is 97.1 Å². The predicted octanol–water partition coefficient (Wildman–Crippen LogP) is 9.66. The average molecular weight is 651 g/mol. The Balaban J connectivity index is 1.06. The van der Waals surface area contributed by atoms with Gasteiger partial charge in [-0.15, -0.1) is 0 Å². The lowest BCUT2D eigenvalue weighted by molar-refractivity contribution is -0.146. The summed E-state index contributed by atoms with van der Waals surface area (Å²) in [5, 5.41) is 1.55. The van der Waals surface area contributed by atoms with Crippen molar-refractivity contribution in [1.82, 2.24) is 0 Å². The second-order valence-corrected chi connectivity index (χ2v) is 19.1. The van der Waals surface area contributed by atoms with Crippen molar-refractivity contribution in [3.63, 3.8) is 0 Å². The SMILES string of the molecule is C=C(CCC(C)(C)[Si](O)(c1ccccc1)c1ccccc1)C(=O)OC1CCC(C2CCC(c3ccc(CCCCC)cc3)CC2)CC1. The molecule has 5 rings (SSSR count). The van der Waals surface area contributed by atoms with Crippen LogP contribution in [-0.4, -0.2) is 25.2 Å². The van der Waals surface area contributed by atoms with Crippen molar-refractivity contribution in [1.29, 1.82) is 0 Å². The molecule has 2 saturated carbocycles. The highest BCUT2D eigenvalue weighted by molar-refractivity contribution is 6.98. The topological polar surface area (TPSA) is 46.5 Å². The van der Waals surface area contributed by atoms with Gasteiger partial charge in [-0.1, -0.05) is 125 Å². The fourth-order valence-corrected chi connectivity index (χ4v) is 12.2. The zero-order valence-electron chi connectivity index (χ0n) is 29.3. The van der Waals surface area contributed by atoms with Gasteiger partial charge in [0.1, 0.15) is 6.10 Å². The molecule has 0 unspecified atom stereocenters. The van der Waals surface area contributed by atoms with E-state index in [1.807, 2.05) is 60.7 Å². The number of unbranched alkanes of at least 4 members (excludes halogenated alkanes) is 2. The summed E-state index contributed by atoms with van der Waals surface area (Å²) in [4.78, 5) is 25.6. The van der Waals surface area contributed by atoms with E-state index in [1.54, 1.807) is 0 Å². The second kappa shape index (κ2) is 16.4. The third-order valence-corrected chi connectivity index (χ3v) is 16.2. The molecule has 2 aliphatic rings. The molecule has 3 aromatic carbocycles. The molecule has 4 heteroatoms. The molecular formula is C43H58O3Si. The van der Waals surface area contributed by atoms with Crippen LogP contribution in [-0.2, 0) is 16.0 Å². The number of carbonyl (C=O) groups excluding carboxylic acids is 1. The van der Waals surface area contributed by atoms with E-state index in [1.165, 1.54) is 62.5 Å². The van der Waals surface area contributed by atoms with Crippen molar-refractivity contribution in [3.8, 4) is 0 Å². The van der Waals surface area contributed by atoms with E-state index in [4.69, 9.17) is 4.74 Å². The summed E-state index contributed by atoms with van der Waals surface area (Å²) in [6.07, 6.45) is 15.8. The Hall–Kier alpha value is -2.95. The van der Waals surface area contributed by atoms with Gasteiger partial charge in [-0.2, -0.15) is 0 Å². The van der Waals surface area contributed by atoms with E-state index in [9.17, 15) is 9.59 Å². The van der Waals surface area contributed by atoms with Crippen LogP contribution < -0.4 is 10.4 Å². The van der Waals surface area contributed by atoms with Gasteiger partial charge in [0.15, 0.2) is 0 Å². The maximum Gasteiger partial charge on any atom is 0.333 e. The molecule has 0 spiro atoms. The zero-order valence-corrected chi connectivity index (χ0v) is 30.3. The Kier molecular flexibility index (Phi) is 12.4. The first kappa shape index (κ1) is 35.4. The van der Waals surface area contributed by atoms with Crippen LogP contribution in [0.25, 0.3) is 0 Å². The summed E-state index contributed by atoms with van der Waals surface area (Å²) >= 11 is 0. The molecule has 0 heterocycles. The van der Waals surface area contributed by atoms with Crippen molar-refractivity contribution in [2.75, 3.05) is 0 Å². The maximum atomic E-state index is 13.2. The molecule has 3 nitrogen and oxygen atoms in total. The first-order valence-corrected chi connectivity index (χ1v) is 20.5. The van der Waals surface area contributed by atoms with Crippen LogP contribution in [0.1, 0.15) is 121 Å². The van der Waals surface area contributed by atoms with E-state index in [-0.39, 0.29) is 12.1 Å². The molecule has 3 aromatic rings. The van der Waals surface area contributed by atoms with Crippen LogP contribution in [0.4, 0.5) is 0 Å². The van der Waals surface area contributed by atoms with E-state index in [0.717, 1.165) is 47.9 Å². The zero-order chi connectivity index (χ0) is 33.3. The van der Waals surface area contributed by atoms with Crippen molar-refractivity contribution >= 4 is 24.7 Å². The normalized spacial score (nSPS) is 22.0. The highest BCUT2D eigenvalue weighted by Crippen LogP contribution is 2.44. The Bertz CT molecular complexity index is 1360. The monoisotopic (exact) mass is 650 g/mol. The number of benzene rings is 3. The Morgan fingerprint density at radius 2 is 1.32 bits per heavy atom. The van der Waals surface area contributed by atoms with Crippen LogP contribution in [0.3, 0.4) is 0 Å². The minimum atomic E-state index is -3.12. The van der Waals surface area contributed by atoms with Gasteiger partial charge in [0.05, 0.1) is 0 Å². The summed E-state index contributed by atoms with van der Waals surface area (Å²) in [6.45, 7) is 10.7. The van der Waals surface area contributed by atoms with Crippen LogP contribution in [0.5, 0.6) is 0 Å². The van der Waals surface area contributed by atoms with Crippen molar-refractivity contribution in [2.45, 2.75) is 128 Å². The van der Waals surface area contributed by atoms with E-state index < -0.39 is 13.4 Å². The predicted molar refractivity (Wildman–Crippen MR) is 199 cm³/mol. The largest absolute Gasteiger partial charge is 0.459 e. The van der Waals surface area contributed by atoms with Gasteiger partial charge in [0.2, 0.25) is 0 Å². The highest BCUT2D eigenvalue weighted by Gasteiger charge is 2.49. The third-order valence-electron chi connectivity index (χ3n) is 11.7. The molecular weight excluding hydrogens is 593 g/mol. The quantitative estimate of drug-likeness (QED) is 0.0818. The number of hydrogen-bond donors (Lipinski definition) is 1. The summed E-state index contributed by atoms with van der Waals surface area (Å²) in [6, 6.07) is 29.7. The molecule has 0 radical (unpaired) electrons. The van der Waals surface area contributed by atoms with Crippen LogP contribution >= 0.6 is 0 Å². The molecule has 252 valence electrons. The van der Waals surface area contributed by atoms with Crippen LogP contribution in [0.2, 0.25) is 5.04 Å². The lowest BCUT2D eigenvalue weighted by atomic mass is 9.69. The summed E-state index contributed by atoms with van der Waals surface area (Å²) in [5.74, 6) is 2.02. The third kappa shape index (κ3) is 8.75. The molecule has 0 bridgehead atoms. The van der Waals surface area contributed by atoms with Gasteiger partial charge in [0.25, 0.3) is 8.32 Å².